The van der Waals surface area contributed by atoms with Crippen molar-refractivity contribution in [1.82, 2.24) is 5.32 Å². The second-order valence-corrected chi connectivity index (χ2v) is 10.7. The van der Waals surface area contributed by atoms with E-state index in [0.717, 1.165) is 43.2 Å². The highest BCUT2D eigenvalue weighted by atomic mass is 31.2. The van der Waals surface area contributed by atoms with Crippen LogP contribution in [0.25, 0.3) is 0 Å². The Labute approximate surface area is 180 Å². The molecular weight excluding hydrogens is 400 g/mol. The number of halogens is 1. The molecule has 0 aliphatic carbocycles. The molecule has 0 saturated heterocycles. The van der Waals surface area contributed by atoms with Crippen molar-refractivity contribution in [2.45, 2.75) is 58.9 Å². The molecule has 0 saturated carbocycles. The highest BCUT2D eigenvalue weighted by Gasteiger charge is 2.18. The van der Waals surface area contributed by atoms with Gasteiger partial charge in [0.25, 0.3) is 0 Å². The molecule has 4 nitrogen and oxygen atoms in total. The predicted octanol–water partition coefficient (Wildman–Crippen LogP) is 5.46. The van der Waals surface area contributed by atoms with Crippen LogP contribution < -0.4 is 5.32 Å². The van der Waals surface area contributed by atoms with E-state index in [4.69, 9.17) is 9.79 Å². The third-order valence-corrected chi connectivity index (χ3v) is 6.22. The highest BCUT2D eigenvalue weighted by Crippen LogP contribution is 2.34. The van der Waals surface area contributed by atoms with E-state index >= 15 is 0 Å². The molecule has 0 heterocycles. The van der Waals surface area contributed by atoms with Crippen LogP contribution in [0.3, 0.4) is 0 Å². The van der Waals surface area contributed by atoms with E-state index in [1.165, 1.54) is 5.56 Å². The first kappa shape index (κ1) is 24.7. The molecule has 3 N–H and O–H groups in total. The van der Waals surface area contributed by atoms with Gasteiger partial charge in [-0.15, -0.1) is 0 Å². The Morgan fingerprint density at radius 3 is 2.40 bits per heavy atom. The third-order valence-electron chi connectivity index (χ3n) is 5.32. The molecule has 0 spiro atoms. The number of unbranched alkanes of at least 4 members (excludes halogenated alkanes) is 1. The van der Waals surface area contributed by atoms with Gasteiger partial charge in [0.15, 0.2) is 0 Å². The van der Waals surface area contributed by atoms with Gasteiger partial charge in [0.2, 0.25) is 0 Å². The van der Waals surface area contributed by atoms with Crippen molar-refractivity contribution in [3.63, 3.8) is 0 Å². The number of hydrogen-bond acceptors (Lipinski definition) is 2. The predicted molar refractivity (Wildman–Crippen MR) is 121 cm³/mol. The fourth-order valence-corrected chi connectivity index (χ4v) is 4.27. The molecule has 0 aromatic heterocycles. The van der Waals surface area contributed by atoms with Crippen LogP contribution in [-0.4, -0.2) is 22.5 Å². The third kappa shape index (κ3) is 9.99. The quantitative estimate of drug-likeness (QED) is 0.288. The molecule has 2 aromatic rings. The first-order valence-electron chi connectivity index (χ1n) is 10.7. The second kappa shape index (κ2) is 11.8. The largest absolute Gasteiger partial charge is 0.325 e. The van der Waals surface area contributed by atoms with E-state index < -0.39 is 7.60 Å². The normalized spacial score (nSPS) is 12.3. The van der Waals surface area contributed by atoms with Crippen molar-refractivity contribution in [2.75, 3.05) is 12.7 Å². The summed E-state index contributed by atoms with van der Waals surface area (Å²) in [5, 5.41) is 3.10. The van der Waals surface area contributed by atoms with Crippen LogP contribution in [0, 0.1) is 11.2 Å². The van der Waals surface area contributed by atoms with Crippen LogP contribution >= 0.6 is 7.60 Å². The minimum Gasteiger partial charge on any atom is -0.324 e. The minimum absolute atomic E-state index is 0.130. The molecule has 2 rings (SSSR count). The summed E-state index contributed by atoms with van der Waals surface area (Å²) in [4.78, 5) is 17.7. The smallest absolute Gasteiger partial charge is 0.324 e. The molecule has 0 aliphatic rings. The molecular formula is C24H35FNO3P. The van der Waals surface area contributed by atoms with E-state index in [-0.39, 0.29) is 17.4 Å². The molecule has 0 amide bonds. The van der Waals surface area contributed by atoms with Crippen LogP contribution in [0.1, 0.15) is 56.2 Å². The number of benzene rings is 2. The zero-order valence-corrected chi connectivity index (χ0v) is 19.0. The van der Waals surface area contributed by atoms with E-state index in [1.54, 1.807) is 6.07 Å². The Bertz CT molecular complexity index is 820. The van der Waals surface area contributed by atoms with Gasteiger partial charge in [0, 0.05) is 6.54 Å². The van der Waals surface area contributed by atoms with E-state index in [2.05, 4.69) is 43.4 Å². The van der Waals surface area contributed by atoms with Crippen molar-refractivity contribution < 1.29 is 18.7 Å². The van der Waals surface area contributed by atoms with Crippen molar-refractivity contribution in [3.05, 3.63) is 71.0 Å². The lowest BCUT2D eigenvalue weighted by Gasteiger charge is -2.24. The topological polar surface area (TPSA) is 69.6 Å². The fraction of sp³-hybridized carbons (Fsp3) is 0.500. The summed E-state index contributed by atoms with van der Waals surface area (Å²) in [5.74, 6) is -0.173. The SMILES string of the molecule is CC(C)(CCCCc1ccc(CNCCCP(=O)(O)O)cc1F)Cc1ccccc1. The maximum absolute atomic E-state index is 14.4. The number of rotatable bonds is 13. The Balaban J connectivity index is 1.69. The van der Waals surface area contributed by atoms with Gasteiger partial charge in [-0.05, 0) is 66.8 Å². The van der Waals surface area contributed by atoms with Gasteiger partial charge in [-0.25, -0.2) is 4.39 Å². The van der Waals surface area contributed by atoms with Crippen molar-refractivity contribution in [1.29, 1.82) is 0 Å². The van der Waals surface area contributed by atoms with Gasteiger partial charge in [0.1, 0.15) is 5.82 Å². The lowest BCUT2D eigenvalue weighted by molar-refractivity contribution is 0.319. The zero-order valence-electron chi connectivity index (χ0n) is 18.1. The number of nitrogens with one attached hydrogen (secondary N) is 1. The molecule has 166 valence electrons. The average Bonchev–Trinajstić information content (AvgIpc) is 2.66. The molecule has 30 heavy (non-hydrogen) atoms. The van der Waals surface area contributed by atoms with Gasteiger partial charge in [-0.1, -0.05) is 62.7 Å². The summed E-state index contributed by atoms with van der Waals surface area (Å²) < 4.78 is 25.2. The maximum Gasteiger partial charge on any atom is 0.325 e. The van der Waals surface area contributed by atoms with Crippen LogP contribution in [0.5, 0.6) is 0 Å². The lowest BCUT2D eigenvalue weighted by Crippen LogP contribution is -2.16. The van der Waals surface area contributed by atoms with E-state index in [0.29, 0.717) is 19.5 Å². The molecule has 0 fully saturated rings. The van der Waals surface area contributed by atoms with Crippen LogP contribution in [0.2, 0.25) is 0 Å². The summed E-state index contributed by atoms with van der Waals surface area (Å²) in [6, 6.07) is 15.9. The van der Waals surface area contributed by atoms with E-state index in [1.807, 2.05) is 18.2 Å². The summed E-state index contributed by atoms with van der Waals surface area (Å²) >= 11 is 0. The standard InChI is InChI=1S/C24H35FNO3P/c1-24(2,18-20-9-4-3-5-10-20)14-7-6-11-22-13-12-21(17-23(22)25)19-26-15-8-16-30(27,28)29/h3-5,9-10,12-13,17,26H,6-8,11,14-16,18-19H2,1-2H3,(H2,27,28,29). The average molecular weight is 436 g/mol. The first-order chi connectivity index (χ1) is 14.1. The van der Waals surface area contributed by atoms with Gasteiger partial charge in [-0.3, -0.25) is 4.57 Å². The zero-order chi connectivity index (χ0) is 22.0. The minimum atomic E-state index is -3.93. The fourth-order valence-electron chi connectivity index (χ4n) is 3.70. The Morgan fingerprint density at radius 2 is 1.73 bits per heavy atom. The summed E-state index contributed by atoms with van der Waals surface area (Å²) in [5.41, 5.74) is 3.19. The van der Waals surface area contributed by atoms with Gasteiger partial charge >= 0.3 is 7.60 Å². The van der Waals surface area contributed by atoms with Crippen LogP contribution in [-0.2, 0) is 24.0 Å². The second-order valence-electron chi connectivity index (χ2n) is 8.88. The van der Waals surface area contributed by atoms with Gasteiger partial charge < -0.3 is 15.1 Å². The number of aryl methyl sites for hydroxylation is 1. The maximum atomic E-state index is 14.4. The van der Waals surface area contributed by atoms with Crippen molar-refractivity contribution in [2.24, 2.45) is 5.41 Å². The summed E-state index contributed by atoms with van der Waals surface area (Å²) in [6.07, 6.45) is 5.21. The molecule has 0 bridgehead atoms. The van der Waals surface area contributed by atoms with Gasteiger partial charge in [0.05, 0.1) is 6.16 Å². The van der Waals surface area contributed by atoms with Crippen molar-refractivity contribution >= 4 is 7.60 Å². The molecule has 0 radical (unpaired) electrons. The monoisotopic (exact) mass is 435 g/mol. The molecule has 0 unspecified atom stereocenters. The van der Waals surface area contributed by atoms with Crippen LogP contribution in [0.4, 0.5) is 4.39 Å². The molecule has 0 atom stereocenters. The Kier molecular flexibility index (Phi) is 9.70. The van der Waals surface area contributed by atoms with Gasteiger partial charge in [-0.2, -0.15) is 0 Å². The summed E-state index contributed by atoms with van der Waals surface area (Å²) in [6.45, 7) is 5.57. The summed E-state index contributed by atoms with van der Waals surface area (Å²) in [7, 11) is -3.93. The van der Waals surface area contributed by atoms with Crippen molar-refractivity contribution in [3.8, 4) is 0 Å². The van der Waals surface area contributed by atoms with E-state index in [9.17, 15) is 8.96 Å². The first-order valence-corrected chi connectivity index (χ1v) is 12.5. The molecule has 2 aromatic carbocycles. The Hall–Kier alpha value is -1.52. The number of hydrogen-bond donors (Lipinski definition) is 3. The lowest BCUT2D eigenvalue weighted by atomic mass is 9.81. The van der Waals surface area contributed by atoms with Crippen LogP contribution in [0.15, 0.2) is 48.5 Å². The molecule has 6 heteroatoms. The Morgan fingerprint density at radius 1 is 1.00 bits per heavy atom. The highest BCUT2D eigenvalue weighted by molar-refractivity contribution is 7.51. The molecule has 0 aliphatic heterocycles.